The molecule has 11 heteroatoms. The Morgan fingerprint density at radius 3 is 2.81 bits per heavy atom. The number of tetrazole rings is 1. The van der Waals surface area contributed by atoms with Crippen LogP contribution in [0.3, 0.4) is 0 Å². The molecule has 2 aliphatic rings. The van der Waals surface area contributed by atoms with Gasteiger partial charge in [0.25, 0.3) is 5.56 Å². The lowest BCUT2D eigenvalue weighted by atomic mass is 10.1. The van der Waals surface area contributed by atoms with Crippen LogP contribution in [-0.2, 0) is 24.4 Å². The molecule has 0 radical (unpaired) electrons. The second kappa shape index (κ2) is 10.6. The quantitative estimate of drug-likeness (QED) is 0.355. The normalized spacial score (nSPS) is 18.1. The lowest BCUT2D eigenvalue weighted by Gasteiger charge is -2.30. The number of aromatic amines is 1. The van der Waals surface area contributed by atoms with Crippen LogP contribution < -0.4 is 15.0 Å². The Kier molecular flexibility index (Phi) is 6.90. The van der Waals surface area contributed by atoms with Gasteiger partial charge in [-0.1, -0.05) is 13.0 Å². The van der Waals surface area contributed by atoms with E-state index in [1.807, 2.05) is 22.9 Å². The van der Waals surface area contributed by atoms with E-state index in [9.17, 15) is 4.79 Å². The molecule has 1 fully saturated rings. The molecule has 0 amide bonds. The van der Waals surface area contributed by atoms with Gasteiger partial charge >= 0.3 is 0 Å². The molecule has 37 heavy (non-hydrogen) atoms. The third-order valence-corrected chi connectivity index (χ3v) is 7.84. The van der Waals surface area contributed by atoms with Crippen LogP contribution in [0.4, 0.5) is 0 Å². The second-order valence-electron chi connectivity index (χ2n) is 9.47. The van der Waals surface area contributed by atoms with Crippen LogP contribution in [0.2, 0.25) is 0 Å². The maximum absolute atomic E-state index is 13.2. The van der Waals surface area contributed by atoms with Crippen molar-refractivity contribution in [3.05, 3.63) is 62.3 Å². The van der Waals surface area contributed by atoms with Gasteiger partial charge in [-0.25, -0.2) is 4.68 Å². The van der Waals surface area contributed by atoms with E-state index in [1.54, 1.807) is 11.3 Å². The van der Waals surface area contributed by atoms with Crippen molar-refractivity contribution in [3.8, 4) is 11.5 Å². The molecule has 1 saturated heterocycles. The number of aromatic nitrogens is 5. The number of fused-ring (bicyclic) bond motifs is 2. The summed E-state index contributed by atoms with van der Waals surface area (Å²) in [6, 6.07) is 9.83. The number of nitrogens with zero attached hydrogens (tertiary/aromatic N) is 5. The minimum absolute atomic E-state index is 0.0751. The van der Waals surface area contributed by atoms with Crippen molar-refractivity contribution in [2.75, 3.05) is 19.8 Å². The van der Waals surface area contributed by atoms with E-state index in [-0.39, 0.29) is 17.7 Å². The van der Waals surface area contributed by atoms with Crippen molar-refractivity contribution in [2.24, 2.45) is 0 Å². The van der Waals surface area contributed by atoms with E-state index < -0.39 is 0 Å². The van der Waals surface area contributed by atoms with Crippen molar-refractivity contribution >= 4 is 22.2 Å². The summed E-state index contributed by atoms with van der Waals surface area (Å²) in [6.07, 6.45) is 3.00. The van der Waals surface area contributed by atoms with Crippen LogP contribution in [0.1, 0.15) is 48.5 Å². The van der Waals surface area contributed by atoms with Gasteiger partial charge in [-0.2, -0.15) is 0 Å². The zero-order chi connectivity index (χ0) is 25.2. The standard InChI is InChI=1S/C26H30N6O4S/c1-2-22(25-28-29-30-32(25)15-19-5-3-7-34-19)31(16-20-6-4-10-37-20)14-18-11-17-12-23-24(36-9-8-35-23)13-21(17)27-26(18)33/h4,6,10-13,19,22H,2-3,5,7-9,14-16H2,1H3,(H,27,33)/t19-,22-/m1/s1. The number of benzene rings is 1. The van der Waals surface area contributed by atoms with Gasteiger partial charge < -0.3 is 19.2 Å². The number of pyridine rings is 1. The summed E-state index contributed by atoms with van der Waals surface area (Å²) in [7, 11) is 0. The van der Waals surface area contributed by atoms with E-state index >= 15 is 0 Å². The molecule has 0 saturated carbocycles. The van der Waals surface area contributed by atoms with Crippen molar-refractivity contribution < 1.29 is 14.2 Å². The highest BCUT2D eigenvalue weighted by Crippen LogP contribution is 2.34. The van der Waals surface area contributed by atoms with Gasteiger partial charge in [0.15, 0.2) is 17.3 Å². The molecule has 0 bridgehead atoms. The van der Waals surface area contributed by atoms with Crippen LogP contribution in [0.5, 0.6) is 11.5 Å². The average molecular weight is 523 g/mol. The monoisotopic (exact) mass is 522 g/mol. The number of hydrogen-bond acceptors (Lipinski definition) is 9. The Bertz CT molecular complexity index is 1410. The molecular weight excluding hydrogens is 492 g/mol. The minimum atomic E-state index is -0.117. The van der Waals surface area contributed by atoms with Gasteiger partial charge in [-0.3, -0.25) is 9.69 Å². The van der Waals surface area contributed by atoms with Gasteiger partial charge in [0.1, 0.15) is 13.2 Å². The molecular formula is C26H30N6O4S. The SMILES string of the molecule is CC[C@H](c1nnnn1C[C@H]1CCCO1)N(Cc1cccs1)Cc1cc2cc3c(cc2[nH]c1=O)OCCO3. The van der Waals surface area contributed by atoms with Gasteiger partial charge in [0, 0.05) is 41.6 Å². The third kappa shape index (κ3) is 5.11. The number of hydrogen-bond donors (Lipinski definition) is 1. The summed E-state index contributed by atoms with van der Waals surface area (Å²) in [4.78, 5) is 19.8. The molecule has 0 unspecified atom stereocenters. The Morgan fingerprint density at radius 1 is 1.19 bits per heavy atom. The average Bonchev–Trinajstić information content (AvgIpc) is 3.69. The lowest BCUT2D eigenvalue weighted by molar-refractivity contribution is 0.0889. The first-order valence-electron chi connectivity index (χ1n) is 12.8. The summed E-state index contributed by atoms with van der Waals surface area (Å²) in [6.45, 7) is 5.70. The fourth-order valence-corrected chi connectivity index (χ4v) is 5.90. The first-order valence-corrected chi connectivity index (χ1v) is 13.7. The fraction of sp³-hybridized carbons (Fsp3) is 0.462. The molecule has 5 heterocycles. The topological polar surface area (TPSA) is 107 Å². The van der Waals surface area contributed by atoms with Crippen molar-refractivity contribution in [3.63, 3.8) is 0 Å². The summed E-state index contributed by atoms with van der Waals surface area (Å²) in [5.41, 5.74) is 1.29. The predicted octanol–water partition coefficient (Wildman–Crippen LogP) is 3.68. The zero-order valence-corrected chi connectivity index (χ0v) is 21.6. The molecule has 194 valence electrons. The van der Waals surface area contributed by atoms with E-state index in [0.717, 1.165) is 42.6 Å². The summed E-state index contributed by atoms with van der Waals surface area (Å²) >= 11 is 1.70. The Labute approximate surface area is 218 Å². The predicted molar refractivity (Wildman–Crippen MR) is 139 cm³/mol. The molecule has 0 aliphatic carbocycles. The van der Waals surface area contributed by atoms with E-state index in [4.69, 9.17) is 14.2 Å². The van der Waals surface area contributed by atoms with Gasteiger partial charge in [-0.05, 0) is 53.3 Å². The van der Waals surface area contributed by atoms with Crippen LogP contribution in [0.15, 0.2) is 40.5 Å². The Balaban J connectivity index is 1.34. The molecule has 1 aromatic carbocycles. The maximum Gasteiger partial charge on any atom is 0.252 e. The number of rotatable bonds is 9. The third-order valence-electron chi connectivity index (χ3n) is 6.98. The largest absolute Gasteiger partial charge is 0.486 e. The second-order valence-corrected chi connectivity index (χ2v) is 10.5. The number of H-pyrrole nitrogens is 1. The number of ether oxygens (including phenoxy) is 3. The molecule has 1 N–H and O–H groups in total. The number of thiophene rings is 1. The highest BCUT2D eigenvalue weighted by Gasteiger charge is 2.28. The van der Waals surface area contributed by atoms with Crippen LogP contribution in [0.25, 0.3) is 10.9 Å². The molecule has 2 aliphatic heterocycles. The van der Waals surface area contributed by atoms with Crippen LogP contribution in [-0.4, -0.2) is 56.0 Å². The van der Waals surface area contributed by atoms with Gasteiger partial charge in [-0.15, -0.1) is 16.4 Å². The Morgan fingerprint density at radius 2 is 2.05 bits per heavy atom. The highest BCUT2D eigenvalue weighted by atomic mass is 32.1. The first kappa shape index (κ1) is 24.1. The molecule has 3 aromatic heterocycles. The van der Waals surface area contributed by atoms with Gasteiger partial charge in [0.2, 0.25) is 0 Å². The minimum Gasteiger partial charge on any atom is -0.486 e. The summed E-state index contributed by atoms with van der Waals surface area (Å²) in [5, 5.41) is 15.7. The van der Waals surface area contributed by atoms with Crippen molar-refractivity contribution in [1.82, 2.24) is 30.1 Å². The van der Waals surface area contributed by atoms with E-state index in [0.29, 0.717) is 49.9 Å². The first-order chi connectivity index (χ1) is 18.2. The highest BCUT2D eigenvalue weighted by molar-refractivity contribution is 7.09. The summed E-state index contributed by atoms with van der Waals surface area (Å²) in [5.74, 6) is 2.16. The fourth-order valence-electron chi connectivity index (χ4n) is 5.17. The van der Waals surface area contributed by atoms with Gasteiger partial charge in [0.05, 0.1) is 24.2 Å². The van der Waals surface area contributed by atoms with E-state index in [1.165, 1.54) is 4.88 Å². The maximum atomic E-state index is 13.2. The molecule has 4 aromatic rings. The smallest absolute Gasteiger partial charge is 0.252 e. The number of nitrogens with one attached hydrogen (secondary N) is 1. The van der Waals surface area contributed by atoms with Crippen LogP contribution >= 0.6 is 11.3 Å². The molecule has 0 spiro atoms. The van der Waals surface area contributed by atoms with Crippen molar-refractivity contribution in [1.29, 1.82) is 0 Å². The Hall–Kier alpha value is -3.28. The molecule has 6 rings (SSSR count). The van der Waals surface area contributed by atoms with Crippen molar-refractivity contribution in [2.45, 2.75) is 58.0 Å². The van der Waals surface area contributed by atoms with Crippen LogP contribution in [0, 0.1) is 0 Å². The molecule has 2 atom stereocenters. The molecule has 10 nitrogen and oxygen atoms in total. The summed E-state index contributed by atoms with van der Waals surface area (Å²) < 4.78 is 19.2. The zero-order valence-electron chi connectivity index (χ0n) is 20.8. The van der Waals surface area contributed by atoms with E-state index in [2.05, 4.69) is 49.8 Å². The lowest BCUT2D eigenvalue weighted by Crippen LogP contribution is -2.33.